The van der Waals surface area contributed by atoms with Crippen molar-refractivity contribution < 1.29 is 0 Å². The summed E-state index contributed by atoms with van der Waals surface area (Å²) in [4.78, 5) is 6.75. The van der Waals surface area contributed by atoms with Gasteiger partial charge in [-0.05, 0) is 25.8 Å². The Morgan fingerprint density at radius 1 is 1.79 bits per heavy atom. The monoisotopic (exact) mass is 211 g/mol. The number of nitrogens with zero attached hydrogens (tertiary/aromatic N) is 2. The van der Waals surface area contributed by atoms with E-state index in [1.54, 1.807) is 11.3 Å². The molecule has 2 atom stereocenters. The van der Waals surface area contributed by atoms with Crippen LogP contribution in [-0.4, -0.2) is 29.0 Å². The highest BCUT2D eigenvalue weighted by atomic mass is 32.1. The molecule has 2 N–H and O–H groups in total. The maximum absolute atomic E-state index is 5.89. The quantitative estimate of drug-likeness (QED) is 0.819. The minimum absolute atomic E-state index is 0.330. The maximum Gasteiger partial charge on any atom is 0.107 e. The summed E-state index contributed by atoms with van der Waals surface area (Å²) in [6.07, 6.45) is 3.11. The molecule has 1 fully saturated rings. The molecule has 0 radical (unpaired) electrons. The number of hydrogen-bond acceptors (Lipinski definition) is 4. The molecule has 1 aliphatic heterocycles. The van der Waals surface area contributed by atoms with Crippen LogP contribution in [0.4, 0.5) is 0 Å². The molecular weight excluding hydrogens is 194 g/mol. The largest absolute Gasteiger partial charge is 0.328 e. The number of nitrogens with two attached hydrogens (primary N) is 1. The van der Waals surface area contributed by atoms with E-state index in [1.165, 1.54) is 18.0 Å². The van der Waals surface area contributed by atoms with Gasteiger partial charge in [0.05, 0.1) is 6.54 Å². The first-order valence-electron chi connectivity index (χ1n) is 5.12. The molecule has 0 amide bonds. The zero-order chi connectivity index (χ0) is 9.97. The molecule has 0 aromatic carbocycles. The van der Waals surface area contributed by atoms with Crippen LogP contribution < -0.4 is 5.73 Å². The molecule has 0 bridgehead atoms. The van der Waals surface area contributed by atoms with E-state index in [4.69, 9.17) is 5.73 Å². The topological polar surface area (TPSA) is 42.1 Å². The third kappa shape index (κ3) is 2.32. The molecule has 2 unspecified atom stereocenters. The average Bonchev–Trinajstić information content (AvgIpc) is 2.75. The Labute approximate surface area is 88.9 Å². The Morgan fingerprint density at radius 2 is 2.64 bits per heavy atom. The summed E-state index contributed by atoms with van der Waals surface area (Å²) in [5.41, 5.74) is 5.89. The maximum atomic E-state index is 5.89. The molecular formula is C10H17N3S. The standard InChI is InChI=1S/C10H17N3S/c1-8(11)9-2-4-13(6-9)7-10-12-3-5-14-10/h3,5,8-9H,2,4,6-7,11H2,1H3. The number of likely N-dealkylation sites (tertiary alicyclic amines) is 1. The third-order valence-electron chi connectivity index (χ3n) is 2.89. The van der Waals surface area contributed by atoms with Gasteiger partial charge in [-0.2, -0.15) is 0 Å². The van der Waals surface area contributed by atoms with Crippen molar-refractivity contribution in [1.29, 1.82) is 0 Å². The van der Waals surface area contributed by atoms with Gasteiger partial charge in [-0.15, -0.1) is 11.3 Å². The van der Waals surface area contributed by atoms with E-state index in [2.05, 4.69) is 16.8 Å². The van der Waals surface area contributed by atoms with E-state index >= 15 is 0 Å². The first-order chi connectivity index (χ1) is 6.75. The summed E-state index contributed by atoms with van der Waals surface area (Å²) in [7, 11) is 0. The second-order valence-corrected chi connectivity index (χ2v) is 5.05. The second kappa shape index (κ2) is 4.38. The van der Waals surface area contributed by atoms with Crippen LogP contribution in [0.1, 0.15) is 18.4 Å². The van der Waals surface area contributed by atoms with Crippen molar-refractivity contribution in [3.63, 3.8) is 0 Å². The van der Waals surface area contributed by atoms with Crippen molar-refractivity contribution >= 4 is 11.3 Å². The van der Waals surface area contributed by atoms with Crippen LogP contribution in [0.2, 0.25) is 0 Å². The van der Waals surface area contributed by atoms with Gasteiger partial charge < -0.3 is 5.73 Å². The lowest BCUT2D eigenvalue weighted by atomic mass is 10.0. The molecule has 78 valence electrons. The minimum atomic E-state index is 0.330. The van der Waals surface area contributed by atoms with E-state index in [0.717, 1.165) is 13.1 Å². The summed E-state index contributed by atoms with van der Waals surface area (Å²) >= 11 is 1.74. The lowest BCUT2D eigenvalue weighted by molar-refractivity contribution is 0.308. The van der Waals surface area contributed by atoms with E-state index < -0.39 is 0 Å². The van der Waals surface area contributed by atoms with Gasteiger partial charge in [0.15, 0.2) is 0 Å². The molecule has 2 heterocycles. The smallest absolute Gasteiger partial charge is 0.107 e. The van der Waals surface area contributed by atoms with E-state index in [9.17, 15) is 0 Å². The van der Waals surface area contributed by atoms with Crippen molar-refractivity contribution in [1.82, 2.24) is 9.88 Å². The summed E-state index contributed by atoms with van der Waals surface area (Å²) in [5.74, 6) is 0.676. The molecule has 1 aromatic heterocycles. The molecule has 3 nitrogen and oxygen atoms in total. The van der Waals surface area contributed by atoms with Gasteiger partial charge in [0.2, 0.25) is 0 Å². The van der Waals surface area contributed by atoms with Gasteiger partial charge in [-0.3, -0.25) is 4.90 Å². The van der Waals surface area contributed by atoms with E-state index in [-0.39, 0.29) is 0 Å². The first-order valence-corrected chi connectivity index (χ1v) is 6.00. The summed E-state index contributed by atoms with van der Waals surface area (Å²) in [6, 6.07) is 0.330. The highest BCUT2D eigenvalue weighted by molar-refractivity contribution is 7.09. The Bertz CT molecular complexity index is 271. The summed E-state index contributed by atoms with van der Waals surface area (Å²) < 4.78 is 0. The van der Waals surface area contributed by atoms with Crippen LogP contribution in [0, 0.1) is 5.92 Å². The number of hydrogen-bond donors (Lipinski definition) is 1. The predicted octanol–water partition coefficient (Wildman–Crippen LogP) is 1.31. The molecule has 4 heteroatoms. The van der Waals surface area contributed by atoms with Crippen molar-refractivity contribution in [2.24, 2.45) is 11.7 Å². The fraction of sp³-hybridized carbons (Fsp3) is 0.700. The number of aromatic nitrogens is 1. The Morgan fingerprint density at radius 3 is 3.21 bits per heavy atom. The fourth-order valence-corrected chi connectivity index (χ4v) is 2.62. The van der Waals surface area contributed by atoms with Crippen molar-refractivity contribution in [3.8, 4) is 0 Å². The Balaban J connectivity index is 1.84. The van der Waals surface area contributed by atoms with Gasteiger partial charge in [0, 0.05) is 24.2 Å². The zero-order valence-electron chi connectivity index (χ0n) is 8.52. The molecule has 1 aromatic rings. The van der Waals surface area contributed by atoms with Crippen LogP contribution in [-0.2, 0) is 6.54 Å². The van der Waals surface area contributed by atoms with Gasteiger partial charge in [-0.1, -0.05) is 0 Å². The molecule has 1 saturated heterocycles. The third-order valence-corrected chi connectivity index (χ3v) is 3.66. The average molecular weight is 211 g/mol. The minimum Gasteiger partial charge on any atom is -0.328 e. The highest BCUT2D eigenvalue weighted by Crippen LogP contribution is 2.20. The Kier molecular flexibility index (Phi) is 3.15. The highest BCUT2D eigenvalue weighted by Gasteiger charge is 2.25. The van der Waals surface area contributed by atoms with Crippen LogP contribution in [0.15, 0.2) is 11.6 Å². The van der Waals surface area contributed by atoms with E-state index in [1.807, 2.05) is 11.6 Å². The van der Waals surface area contributed by atoms with Gasteiger partial charge in [0.1, 0.15) is 5.01 Å². The normalized spacial score (nSPS) is 25.4. The SMILES string of the molecule is CC(N)C1CCN(Cc2nccs2)C1. The van der Waals surface area contributed by atoms with Gasteiger partial charge >= 0.3 is 0 Å². The number of rotatable bonds is 3. The molecule has 2 rings (SSSR count). The molecule has 0 aliphatic carbocycles. The van der Waals surface area contributed by atoms with Crippen molar-refractivity contribution in [3.05, 3.63) is 16.6 Å². The summed E-state index contributed by atoms with van der Waals surface area (Å²) in [5, 5.41) is 3.25. The van der Waals surface area contributed by atoms with Crippen molar-refractivity contribution in [2.75, 3.05) is 13.1 Å². The zero-order valence-corrected chi connectivity index (χ0v) is 9.33. The molecule has 1 aliphatic rings. The van der Waals surface area contributed by atoms with E-state index in [0.29, 0.717) is 12.0 Å². The second-order valence-electron chi connectivity index (χ2n) is 4.07. The molecule has 14 heavy (non-hydrogen) atoms. The lowest BCUT2D eigenvalue weighted by Crippen LogP contribution is -2.29. The predicted molar refractivity (Wildman–Crippen MR) is 59.1 cm³/mol. The first kappa shape index (κ1) is 10.1. The molecule has 0 saturated carbocycles. The van der Waals surface area contributed by atoms with Crippen molar-refractivity contribution in [2.45, 2.75) is 25.9 Å². The van der Waals surface area contributed by atoms with Crippen LogP contribution in [0.3, 0.4) is 0 Å². The Hall–Kier alpha value is -0.450. The van der Waals surface area contributed by atoms with Crippen LogP contribution in [0.5, 0.6) is 0 Å². The lowest BCUT2D eigenvalue weighted by Gasteiger charge is -2.16. The van der Waals surface area contributed by atoms with Gasteiger partial charge in [0.25, 0.3) is 0 Å². The number of thiazole rings is 1. The summed E-state index contributed by atoms with van der Waals surface area (Å²) in [6.45, 7) is 5.42. The van der Waals surface area contributed by atoms with Crippen LogP contribution >= 0.6 is 11.3 Å². The van der Waals surface area contributed by atoms with Gasteiger partial charge in [-0.25, -0.2) is 4.98 Å². The fourth-order valence-electron chi connectivity index (χ4n) is 1.96. The van der Waals surface area contributed by atoms with Crippen LogP contribution in [0.25, 0.3) is 0 Å². The molecule has 0 spiro atoms.